The standard InChI is InChI=1S/C12H18O4/c1-9(13)16-11-6-3-10(4-7-11)5-8-12(14)15-2/h5,8,10-11H,3-4,6-7H2,1-2H3/b8-5+. The molecule has 1 rings (SSSR count). The number of hydrogen-bond donors (Lipinski definition) is 0. The van der Waals surface area contributed by atoms with Gasteiger partial charge in [-0.05, 0) is 31.6 Å². The highest BCUT2D eigenvalue weighted by atomic mass is 16.5. The highest BCUT2D eigenvalue weighted by molar-refractivity contribution is 5.81. The van der Waals surface area contributed by atoms with Crippen molar-refractivity contribution in [2.75, 3.05) is 7.11 Å². The molecule has 0 aromatic rings. The van der Waals surface area contributed by atoms with E-state index in [4.69, 9.17) is 4.74 Å². The van der Waals surface area contributed by atoms with Gasteiger partial charge in [0.25, 0.3) is 0 Å². The predicted octanol–water partition coefficient (Wildman–Crippen LogP) is 1.84. The van der Waals surface area contributed by atoms with Crippen molar-refractivity contribution in [3.63, 3.8) is 0 Å². The van der Waals surface area contributed by atoms with Gasteiger partial charge in [-0.2, -0.15) is 0 Å². The van der Waals surface area contributed by atoms with Gasteiger partial charge in [-0.25, -0.2) is 4.79 Å². The number of rotatable bonds is 3. The van der Waals surface area contributed by atoms with Crippen LogP contribution >= 0.6 is 0 Å². The summed E-state index contributed by atoms with van der Waals surface area (Å²) < 4.78 is 9.65. The van der Waals surface area contributed by atoms with Crippen molar-refractivity contribution in [3.8, 4) is 0 Å². The van der Waals surface area contributed by atoms with E-state index in [0.717, 1.165) is 25.7 Å². The normalized spacial score (nSPS) is 25.4. The number of allylic oxidation sites excluding steroid dienone is 1. The summed E-state index contributed by atoms with van der Waals surface area (Å²) in [6.45, 7) is 1.43. The average Bonchev–Trinajstić information content (AvgIpc) is 2.27. The number of carbonyl (C=O) groups excluding carboxylic acids is 2. The average molecular weight is 226 g/mol. The summed E-state index contributed by atoms with van der Waals surface area (Å²) in [7, 11) is 1.37. The Morgan fingerprint density at radius 3 is 2.31 bits per heavy atom. The fourth-order valence-electron chi connectivity index (χ4n) is 1.92. The fraction of sp³-hybridized carbons (Fsp3) is 0.667. The van der Waals surface area contributed by atoms with E-state index in [1.165, 1.54) is 20.1 Å². The maximum atomic E-state index is 10.9. The van der Waals surface area contributed by atoms with E-state index in [9.17, 15) is 9.59 Å². The number of ether oxygens (including phenoxy) is 2. The van der Waals surface area contributed by atoms with Crippen LogP contribution in [0, 0.1) is 5.92 Å². The monoisotopic (exact) mass is 226 g/mol. The molecule has 1 aliphatic rings. The molecule has 0 N–H and O–H groups in total. The Morgan fingerprint density at radius 1 is 1.19 bits per heavy atom. The molecule has 0 aliphatic heterocycles. The van der Waals surface area contributed by atoms with Crippen LogP contribution < -0.4 is 0 Å². The van der Waals surface area contributed by atoms with Crippen LogP contribution in [-0.2, 0) is 19.1 Å². The smallest absolute Gasteiger partial charge is 0.330 e. The Kier molecular flexibility index (Phi) is 5.02. The van der Waals surface area contributed by atoms with Gasteiger partial charge in [0.15, 0.2) is 0 Å². The van der Waals surface area contributed by atoms with Gasteiger partial charge in [0.2, 0.25) is 0 Å². The molecule has 0 spiro atoms. The van der Waals surface area contributed by atoms with Gasteiger partial charge < -0.3 is 9.47 Å². The lowest BCUT2D eigenvalue weighted by molar-refractivity contribution is -0.148. The molecule has 1 saturated carbocycles. The third-order valence-corrected chi connectivity index (χ3v) is 2.76. The third kappa shape index (κ3) is 4.47. The molecule has 1 fully saturated rings. The number of carbonyl (C=O) groups is 2. The summed E-state index contributed by atoms with van der Waals surface area (Å²) in [5.41, 5.74) is 0. The van der Waals surface area contributed by atoms with Crippen LogP contribution in [0.1, 0.15) is 32.6 Å². The van der Waals surface area contributed by atoms with Crippen LogP contribution in [0.5, 0.6) is 0 Å². The van der Waals surface area contributed by atoms with Gasteiger partial charge in [0.05, 0.1) is 7.11 Å². The summed E-state index contributed by atoms with van der Waals surface area (Å²) in [4.78, 5) is 21.6. The molecule has 0 aromatic carbocycles. The summed E-state index contributed by atoms with van der Waals surface area (Å²) in [5.74, 6) is -0.137. The van der Waals surface area contributed by atoms with Gasteiger partial charge in [-0.1, -0.05) is 6.08 Å². The molecule has 90 valence electrons. The second kappa shape index (κ2) is 6.30. The minimum Gasteiger partial charge on any atom is -0.466 e. The molecule has 0 bridgehead atoms. The highest BCUT2D eigenvalue weighted by Gasteiger charge is 2.21. The van der Waals surface area contributed by atoms with Gasteiger partial charge in [0, 0.05) is 13.0 Å². The molecule has 16 heavy (non-hydrogen) atoms. The molecule has 0 atom stereocenters. The predicted molar refractivity (Wildman–Crippen MR) is 58.7 cm³/mol. The molecular weight excluding hydrogens is 208 g/mol. The number of methoxy groups -OCH3 is 1. The molecule has 0 heterocycles. The van der Waals surface area contributed by atoms with Crippen LogP contribution in [-0.4, -0.2) is 25.2 Å². The molecule has 1 aliphatic carbocycles. The van der Waals surface area contributed by atoms with Gasteiger partial charge in [-0.3, -0.25) is 4.79 Å². The molecule has 4 heteroatoms. The van der Waals surface area contributed by atoms with E-state index >= 15 is 0 Å². The molecule has 0 aromatic heterocycles. The van der Waals surface area contributed by atoms with E-state index in [-0.39, 0.29) is 18.0 Å². The lowest BCUT2D eigenvalue weighted by Gasteiger charge is -2.26. The summed E-state index contributed by atoms with van der Waals surface area (Å²) >= 11 is 0. The Hall–Kier alpha value is -1.32. The second-order valence-electron chi connectivity index (χ2n) is 4.03. The van der Waals surface area contributed by atoms with Crippen LogP contribution in [0.2, 0.25) is 0 Å². The van der Waals surface area contributed by atoms with E-state index in [1.807, 2.05) is 6.08 Å². The van der Waals surface area contributed by atoms with Gasteiger partial charge in [0.1, 0.15) is 6.10 Å². The fourth-order valence-corrected chi connectivity index (χ4v) is 1.92. The molecule has 4 nitrogen and oxygen atoms in total. The van der Waals surface area contributed by atoms with E-state index < -0.39 is 0 Å². The maximum Gasteiger partial charge on any atom is 0.330 e. The molecular formula is C12H18O4. The van der Waals surface area contributed by atoms with E-state index in [0.29, 0.717) is 5.92 Å². The topological polar surface area (TPSA) is 52.6 Å². The lowest BCUT2D eigenvalue weighted by Crippen LogP contribution is -2.22. The highest BCUT2D eigenvalue weighted by Crippen LogP contribution is 2.27. The largest absolute Gasteiger partial charge is 0.466 e. The first kappa shape index (κ1) is 12.7. The number of esters is 2. The van der Waals surface area contributed by atoms with Gasteiger partial charge in [-0.15, -0.1) is 0 Å². The molecule has 0 unspecified atom stereocenters. The zero-order valence-corrected chi connectivity index (χ0v) is 9.77. The molecule has 0 amide bonds. The SMILES string of the molecule is COC(=O)/C=C/C1CCC(OC(C)=O)CC1. The second-order valence-corrected chi connectivity index (χ2v) is 4.03. The Labute approximate surface area is 95.6 Å². The summed E-state index contributed by atoms with van der Waals surface area (Å²) in [6, 6.07) is 0. The van der Waals surface area contributed by atoms with Crippen molar-refractivity contribution in [1.29, 1.82) is 0 Å². The van der Waals surface area contributed by atoms with E-state index in [1.54, 1.807) is 0 Å². The third-order valence-electron chi connectivity index (χ3n) is 2.76. The summed E-state index contributed by atoms with van der Waals surface area (Å²) in [6.07, 6.45) is 7.05. The van der Waals surface area contributed by atoms with Crippen molar-refractivity contribution in [3.05, 3.63) is 12.2 Å². The molecule has 0 saturated heterocycles. The van der Waals surface area contributed by atoms with Crippen molar-refractivity contribution in [2.45, 2.75) is 38.7 Å². The van der Waals surface area contributed by atoms with Crippen LogP contribution in [0.4, 0.5) is 0 Å². The number of hydrogen-bond acceptors (Lipinski definition) is 4. The van der Waals surface area contributed by atoms with Crippen molar-refractivity contribution in [1.82, 2.24) is 0 Å². The van der Waals surface area contributed by atoms with Crippen LogP contribution in [0.3, 0.4) is 0 Å². The zero-order chi connectivity index (χ0) is 12.0. The summed E-state index contributed by atoms with van der Waals surface area (Å²) in [5, 5.41) is 0. The van der Waals surface area contributed by atoms with Crippen molar-refractivity contribution in [2.24, 2.45) is 5.92 Å². The van der Waals surface area contributed by atoms with Crippen LogP contribution in [0.25, 0.3) is 0 Å². The van der Waals surface area contributed by atoms with Crippen LogP contribution in [0.15, 0.2) is 12.2 Å². The quantitative estimate of drug-likeness (QED) is 0.544. The Bertz CT molecular complexity index is 275. The zero-order valence-electron chi connectivity index (χ0n) is 9.77. The Balaban J connectivity index is 2.29. The minimum atomic E-state index is -0.317. The van der Waals surface area contributed by atoms with Crippen molar-refractivity contribution >= 4 is 11.9 Å². The minimum absolute atomic E-state index is 0.0558. The molecule has 0 radical (unpaired) electrons. The Morgan fingerprint density at radius 2 is 1.81 bits per heavy atom. The first-order chi connectivity index (χ1) is 7.61. The van der Waals surface area contributed by atoms with E-state index in [2.05, 4.69) is 4.74 Å². The first-order valence-electron chi connectivity index (χ1n) is 5.55. The van der Waals surface area contributed by atoms with Crippen molar-refractivity contribution < 1.29 is 19.1 Å². The van der Waals surface area contributed by atoms with Gasteiger partial charge >= 0.3 is 11.9 Å². The maximum absolute atomic E-state index is 10.9. The first-order valence-corrected chi connectivity index (χ1v) is 5.55. The lowest BCUT2D eigenvalue weighted by atomic mass is 9.87.